The first kappa shape index (κ1) is 27.8. The van der Waals surface area contributed by atoms with Crippen molar-refractivity contribution in [2.75, 3.05) is 37.4 Å². The van der Waals surface area contributed by atoms with E-state index < -0.39 is 18.2 Å². The Morgan fingerprint density at radius 2 is 1.81 bits per heavy atom. The van der Waals surface area contributed by atoms with Crippen LogP contribution in [0.4, 0.5) is 21.0 Å². The number of carbonyl (C=O) groups excluding carboxylic acids is 3. The quantitative estimate of drug-likeness (QED) is 0.452. The molecule has 5 amide bonds. The molecule has 10 heteroatoms. The topological polar surface area (TPSA) is 123 Å². The van der Waals surface area contributed by atoms with Crippen molar-refractivity contribution in [3.63, 3.8) is 0 Å². The minimum Gasteiger partial charge on any atom is -0.485 e. The van der Waals surface area contributed by atoms with Gasteiger partial charge in [-0.3, -0.25) is 4.79 Å². The van der Waals surface area contributed by atoms with Crippen molar-refractivity contribution in [1.82, 2.24) is 15.1 Å². The van der Waals surface area contributed by atoms with E-state index in [4.69, 9.17) is 4.74 Å². The minimum atomic E-state index is -0.497. The summed E-state index contributed by atoms with van der Waals surface area (Å²) in [4.78, 5) is 42.1. The normalized spacial score (nSPS) is 18.1. The molecule has 1 aliphatic rings. The summed E-state index contributed by atoms with van der Waals surface area (Å²) in [5, 5.41) is 18.3. The van der Waals surface area contributed by atoms with Gasteiger partial charge in [0.25, 0.3) is 5.91 Å². The molecule has 0 saturated carbocycles. The number of nitrogens with one attached hydrogen (secondary N) is 3. The lowest BCUT2D eigenvalue weighted by Gasteiger charge is -2.38. The summed E-state index contributed by atoms with van der Waals surface area (Å²) in [6.07, 6.45) is -0.497. The van der Waals surface area contributed by atoms with Gasteiger partial charge in [0.1, 0.15) is 6.10 Å². The molecule has 1 heterocycles. The number of carbonyl (C=O) groups is 3. The molecule has 0 aromatic heterocycles. The molecule has 0 bridgehead atoms. The van der Waals surface area contributed by atoms with Crippen LogP contribution < -0.4 is 20.7 Å². The number of para-hydroxylation sites is 2. The Kier molecular flexibility index (Phi) is 9.35. The van der Waals surface area contributed by atoms with Gasteiger partial charge in [-0.15, -0.1) is 0 Å². The Morgan fingerprint density at radius 3 is 2.46 bits per heavy atom. The van der Waals surface area contributed by atoms with Crippen LogP contribution in [-0.2, 0) is 0 Å². The van der Waals surface area contributed by atoms with Crippen molar-refractivity contribution in [1.29, 1.82) is 0 Å². The van der Waals surface area contributed by atoms with Gasteiger partial charge in [-0.1, -0.05) is 31.2 Å². The first-order valence-electron chi connectivity index (χ1n) is 12.5. The Bertz CT molecular complexity index is 1090. The Hall–Kier alpha value is -3.79. The SMILES string of the molecule is CC(C)NC(=O)N(C)C[C@H]1Oc2c(NC(=O)Nc3ccccc3)cccc2C(=O)N([C@@H](C)CO)C[C@H]1C. The van der Waals surface area contributed by atoms with Gasteiger partial charge in [0.15, 0.2) is 5.75 Å². The van der Waals surface area contributed by atoms with Crippen LogP contribution in [0.2, 0.25) is 0 Å². The maximum atomic E-state index is 13.6. The van der Waals surface area contributed by atoms with Crippen LogP contribution in [0.5, 0.6) is 5.75 Å². The maximum Gasteiger partial charge on any atom is 0.323 e. The molecule has 10 nitrogen and oxygen atoms in total. The maximum absolute atomic E-state index is 13.6. The average Bonchev–Trinajstić information content (AvgIpc) is 2.86. The summed E-state index contributed by atoms with van der Waals surface area (Å²) < 4.78 is 6.42. The van der Waals surface area contributed by atoms with Crippen molar-refractivity contribution < 1.29 is 24.2 Å². The predicted octanol–water partition coefficient (Wildman–Crippen LogP) is 3.60. The fourth-order valence-corrected chi connectivity index (χ4v) is 4.08. The van der Waals surface area contributed by atoms with Crippen LogP contribution in [0.25, 0.3) is 0 Å². The molecule has 3 rings (SSSR count). The molecule has 4 N–H and O–H groups in total. The third-order valence-corrected chi connectivity index (χ3v) is 6.18. The summed E-state index contributed by atoms with van der Waals surface area (Å²) in [5.74, 6) is -0.272. The van der Waals surface area contributed by atoms with E-state index in [-0.39, 0.29) is 48.4 Å². The molecule has 200 valence electrons. The summed E-state index contributed by atoms with van der Waals surface area (Å²) in [6, 6.07) is 12.8. The van der Waals surface area contributed by atoms with Gasteiger partial charge < -0.3 is 35.6 Å². The second-order valence-corrected chi connectivity index (χ2v) is 9.73. The number of aliphatic hydroxyl groups excluding tert-OH is 1. The smallest absolute Gasteiger partial charge is 0.323 e. The number of hydrogen-bond acceptors (Lipinski definition) is 5. The highest BCUT2D eigenvalue weighted by molar-refractivity contribution is 6.04. The number of likely N-dealkylation sites (N-methyl/N-ethyl adjacent to an activating group) is 1. The van der Waals surface area contributed by atoms with Crippen LogP contribution in [0.1, 0.15) is 38.1 Å². The molecule has 37 heavy (non-hydrogen) atoms. The van der Waals surface area contributed by atoms with E-state index in [1.807, 2.05) is 39.0 Å². The molecule has 3 atom stereocenters. The molecule has 0 saturated heterocycles. The van der Waals surface area contributed by atoms with Gasteiger partial charge in [-0.05, 0) is 45.0 Å². The third-order valence-electron chi connectivity index (χ3n) is 6.18. The summed E-state index contributed by atoms with van der Waals surface area (Å²) in [7, 11) is 1.68. The Morgan fingerprint density at radius 1 is 1.11 bits per heavy atom. The molecule has 0 radical (unpaired) electrons. The third kappa shape index (κ3) is 7.13. The molecule has 2 aromatic carbocycles. The Balaban J connectivity index is 1.95. The van der Waals surface area contributed by atoms with E-state index in [0.717, 1.165) is 0 Å². The first-order chi connectivity index (χ1) is 17.6. The number of ether oxygens (including phenoxy) is 1. The van der Waals surface area contributed by atoms with E-state index in [1.165, 1.54) is 0 Å². The van der Waals surface area contributed by atoms with Crippen LogP contribution in [0.15, 0.2) is 48.5 Å². The monoisotopic (exact) mass is 511 g/mol. The van der Waals surface area contributed by atoms with Crippen molar-refractivity contribution >= 4 is 29.3 Å². The number of hydrogen-bond donors (Lipinski definition) is 4. The second kappa shape index (κ2) is 12.4. The number of rotatable bonds is 7. The summed E-state index contributed by atoms with van der Waals surface area (Å²) in [5.41, 5.74) is 1.20. The zero-order valence-electron chi connectivity index (χ0n) is 22.0. The summed E-state index contributed by atoms with van der Waals surface area (Å²) in [6.45, 7) is 7.86. The van der Waals surface area contributed by atoms with E-state index in [0.29, 0.717) is 17.9 Å². The molecule has 2 aromatic rings. The van der Waals surface area contributed by atoms with Crippen molar-refractivity contribution in [3.05, 3.63) is 54.1 Å². The fraction of sp³-hybridized carbons (Fsp3) is 0.444. The Labute approximate surface area is 218 Å². The van der Waals surface area contributed by atoms with Crippen molar-refractivity contribution in [3.8, 4) is 5.75 Å². The lowest BCUT2D eigenvalue weighted by molar-refractivity contribution is 0.0368. The standard InChI is InChI=1S/C27H37N5O5/c1-17(2)28-27(36)31(5)15-23-18(3)14-32(19(4)16-33)25(34)21-12-9-13-22(24(21)37-23)30-26(35)29-20-10-7-6-8-11-20/h6-13,17-19,23,33H,14-16H2,1-5H3,(H,28,36)(H2,29,30,35)/t18-,19+,23-/m1/s1. The van der Waals surface area contributed by atoms with Gasteiger partial charge in [0.2, 0.25) is 0 Å². The highest BCUT2D eigenvalue weighted by Crippen LogP contribution is 2.35. The molecule has 0 unspecified atom stereocenters. The molecular formula is C27H37N5O5. The van der Waals surface area contributed by atoms with Gasteiger partial charge >= 0.3 is 12.1 Å². The first-order valence-corrected chi connectivity index (χ1v) is 12.5. The number of fused-ring (bicyclic) bond motifs is 1. The molecule has 0 fully saturated rings. The average molecular weight is 512 g/mol. The lowest BCUT2D eigenvalue weighted by atomic mass is 9.99. The van der Waals surface area contributed by atoms with Crippen LogP contribution >= 0.6 is 0 Å². The largest absolute Gasteiger partial charge is 0.485 e. The second-order valence-electron chi connectivity index (χ2n) is 9.73. The van der Waals surface area contributed by atoms with E-state index in [2.05, 4.69) is 16.0 Å². The molecule has 1 aliphatic heterocycles. The van der Waals surface area contributed by atoms with Crippen molar-refractivity contribution in [2.24, 2.45) is 5.92 Å². The number of benzene rings is 2. The van der Waals surface area contributed by atoms with Crippen molar-refractivity contribution in [2.45, 2.75) is 45.9 Å². The number of aliphatic hydroxyl groups is 1. The zero-order chi connectivity index (χ0) is 27.1. The number of amides is 5. The van der Waals surface area contributed by atoms with E-state index in [1.54, 1.807) is 54.1 Å². The highest BCUT2D eigenvalue weighted by Gasteiger charge is 2.35. The molecular weight excluding hydrogens is 474 g/mol. The van der Waals surface area contributed by atoms with Crippen LogP contribution in [0.3, 0.4) is 0 Å². The van der Waals surface area contributed by atoms with Crippen LogP contribution in [-0.4, -0.2) is 77.8 Å². The van der Waals surface area contributed by atoms with Gasteiger partial charge in [0.05, 0.1) is 30.4 Å². The summed E-state index contributed by atoms with van der Waals surface area (Å²) >= 11 is 0. The minimum absolute atomic E-state index is 0.0243. The van der Waals surface area contributed by atoms with Gasteiger partial charge in [-0.2, -0.15) is 0 Å². The highest BCUT2D eigenvalue weighted by atomic mass is 16.5. The zero-order valence-corrected chi connectivity index (χ0v) is 22.0. The number of anilines is 2. The van der Waals surface area contributed by atoms with E-state index in [9.17, 15) is 19.5 Å². The van der Waals surface area contributed by atoms with Crippen LogP contribution in [0, 0.1) is 5.92 Å². The van der Waals surface area contributed by atoms with Gasteiger partial charge in [0, 0.05) is 31.2 Å². The fourth-order valence-electron chi connectivity index (χ4n) is 4.08. The van der Waals surface area contributed by atoms with E-state index >= 15 is 0 Å². The number of urea groups is 2. The lowest BCUT2D eigenvalue weighted by Crippen LogP contribution is -2.51. The van der Waals surface area contributed by atoms with Gasteiger partial charge in [-0.25, -0.2) is 9.59 Å². The predicted molar refractivity (Wildman–Crippen MR) is 143 cm³/mol. The number of nitrogens with zero attached hydrogens (tertiary/aromatic N) is 2. The molecule has 0 spiro atoms. The molecule has 0 aliphatic carbocycles.